The average Bonchev–Trinajstić information content (AvgIpc) is 1.55. The molecule has 0 radical (unpaired) electrons. The van der Waals surface area contributed by atoms with Crippen molar-refractivity contribution in [2.24, 2.45) is 0 Å². The van der Waals surface area contributed by atoms with E-state index in [2.05, 4.69) is 385 Å². The summed E-state index contributed by atoms with van der Waals surface area (Å²) in [6.07, 6.45) is 0. The average molecular weight is 1640 g/mol. The summed E-state index contributed by atoms with van der Waals surface area (Å²) in [7, 11) is 0. The first kappa shape index (κ1) is 69.3. The van der Waals surface area contributed by atoms with Crippen molar-refractivity contribution in [2.45, 2.75) is 0 Å². The van der Waals surface area contributed by atoms with Crippen LogP contribution in [0.2, 0.25) is 0 Å². The van der Waals surface area contributed by atoms with E-state index in [0.717, 1.165) is 201 Å². The molecule has 12 heteroatoms. The second-order valence-corrected chi connectivity index (χ2v) is 35.3. The lowest BCUT2D eigenvalue weighted by Gasteiger charge is -2.16. The molecule has 8 heterocycles. The Balaban J connectivity index is 0.688. The van der Waals surface area contributed by atoms with E-state index < -0.39 is 0 Å². The molecule has 0 unspecified atom stereocenters. The lowest BCUT2D eigenvalue weighted by molar-refractivity contribution is 0.669. The van der Waals surface area contributed by atoms with E-state index in [1.165, 1.54) is 41.7 Å². The molecule has 0 aliphatic rings. The Hall–Kier alpha value is -16.4. The second-order valence-electron chi connectivity index (χ2n) is 33.1. The smallest absolute Gasteiger partial charge is 0.166 e. The van der Waals surface area contributed by atoms with Crippen molar-refractivity contribution in [3.8, 4) is 90.8 Å². The maximum Gasteiger partial charge on any atom is 0.166 e. The number of aromatic nitrogens is 8. The summed E-state index contributed by atoms with van der Waals surface area (Å²) in [5, 5.41) is 26.1. The Morgan fingerprint density at radius 2 is 0.603 bits per heavy atom. The van der Waals surface area contributed by atoms with E-state index in [-0.39, 0.29) is 0 Å². The van der Waals surface area contributed by atoms with Gasteiger partial charge in [-0.15, -0.1) is 22.7 Å². The van der Waals surface area contributed by atoms with Gasteiger partial charge in [-0.3, -0.25) is 0 Å². The fraction of sp³-hybridized carbons (Fsp3) is 0. The van der Waals surface area contributed by atoms with Crippen molar-refractivity contribution in [3.63, 3.8) is 0 Å². The van der Waals surface area contributed by atoms with E-state index in [4.69, 9.17) is 38.7 Å². The maximum absolute atomic E-state index is 7.70. The van der Waals surface area contributed by atoms with Gasteiger partial charge in [-0.25, -0.2) is 29.9 Å². The molecule has 582 valence electrons. The number of hydrogen-bond donors (Lipinski definition) is 0. The molecule has 0 fully saturated rings. The summed E-state index contributed by atoms with van der Waals surface area (Å²) in [4.78, 5) is 34.5. The quantitative estimate of drug-likeness (QED) is 0.140. The molecule has 0 aliphatic heterocycles. The highest BCUT2D eigenvalue weighted by Gasteiger charge is 2.31. The zero-order valence-corrected chi connectivity index (χ0v) is 68.6. The van der Waals surface area contributed by atoms with E-state index >= 15 is 0 Å². The van der Waals surface area contributed by atoms with Crippen molar-refractivity contribution in [1.29, 1.82) is 0 Å². The number of hydrogen-bond acceptors (Lipinski definition) is 10. The first-order valence-electron chi connectivity index (χ1n) is 42.4. The molecular formula is C114H62N8O2S2. The number of thiophene rings is 2. The number of para-hydroxylation sites is 2. The molecule has 8 aromatic heterocycles. The maximum atomic E-state index is 7.70. The molecule has 20 aromatic carbocycles. The van der Waals surface area contributed by atoms with Crippen LogP contribution in [0.25, 0.3) is 283 Å². The molecule has 126 heavy (non-hydrogen) atoms. The minimum Gasteiger partial charge on any atom is -0.456 e. The highest BCUT2D eigenvalue weighted by Crippen LogP contribution is 2.51. The van der Waals surface area contributed by atoms with Crippen molar-refractivity contribution >= 4 is 215 Å². The first-order chi connectivity index (χ1) is 62.4. The van der Waals surface area contributed by atoms with Gasteiger partial charge in [0.15, 0.2) is 34.9 Å². The molecule has 28 aromatic rings. The van der Waals surface area contributed by atoms with Gasteiger partial charge in [-0.1, -0.05) is 261 Å². The monoisotopic (exact) mass is 1640 g/mol. The van der Waals surface area contributed by atoms with Crippen LogP contribution in [0.5, 0.6) is 0 Å². The number of fused-ring (bicyclic) bond motifs is 24. The fourth-order valence-corrected chi connectivity index (χ4v) is 22.6. The van der Waals surface area contributed by atoms with Gasteiger partial charge in [0.2, 0.25) is 0 Å². The number of furan rings is 2. The summed E-state index contributed by atoms with van der Waals surface area (Å²) < 4.78 is 24.3. The number of rotatable bonds is 9. The summed E-state index contributed by atoms with van der Waals surface area (Å²) in [6, 6.07) is 136. The molecular weight excluding hydrogens is 1580 g/mol. The van der Waals surface area contributed by atoms with Crippen LogP contribution in [0.1, 0.15) is 0 Å². The highest BCUT2D eigenvalue weighted by atomic mass is 32.1. The lowest BCUT2D eigenvalue weighted by atomic mass is 9.92. The second kappa shape index (κ2) is 26.6. The molecule has 0 saturated heterocycles. The van der Waals surface area contributed by atoms with Crippen molar-refractivity contribution in [2.75, 3.05) is 0 Å². The van der Waals surface area contributed by atoms with Crippen molar-refractivity contribution in [3.05, 3.63) is 376 Å². The van der Waals surface area contributed by atoms with E-state index in [0.29, 0.717) is 40.5 Å². The van der Waals surface area contributed by atoms with Gasteiger partial charge in [0, 0.05) is 111 Å². The molecule has 28 rings (SSSR count). The van der Waals surface area contributed by atoms with Crippen LogP contribution in [0.3, 0.4) is 0 Å². The van der Waals surface area contributed by atoms with Crippen LogP contribution in [0.4, 0.5) is 0 Å². The molecule has 0 bridgehead atoms. The standard InChI is InChI=1S/C114H62N8O2S2/c1-4-24-68-58-94-86(54-65(68)21-1)79-31-11-15-36-90(79)121(94)92-48-50-96-104(88-56-67-23-3-6-26-70(67)60-98(88)123-96)106(92)113-117-109(115-110(118-113)74-44-46-83-81-33-13-17-38-99(81)125-101(83)61-74)73-43-41-63-40-42-72(52-76(63)53-73)103-78-30-10-8-27-71(78)57-89-105-97(124-108(89)103)51-49-93(122-91-37-16-12-32-80(91)87-55-66-22-2-5-25-69(66)59-95(87)122)107(105)114-119-111(75-45-47-84-82-34-14-18-39-100(82)126-102(84)62-75)116-112(120-114)85-35-19-28-64-20-7-9-29-77(64)85/h1-62H. The van der Waals surface area contributed by atoms with Gasteiger partial charge in [0.1, 0.15) is 22.3 Å². The Labute approximate surface area is 724 Å². The normalized spacial score (nSPS) is 12.3. The van der Waals surface area contributed by atoms with Crippen LogP contribution < -0.4 is 0 Å². The summed E-state index contributed by atoms with van der Waals surface area (Å²) in [6.45, 7) is 0. The lowest BCUT2D eigenvalue weighted by Crippen LogP contribution is -2.04. The Kier molecular flexibility index (Phi) is 14.6. The summed E-state index contributed by atoms with van der Waals surface area (Å²) in [5.41, 5.74) is 16.0. The van der Waals surface area contributed by atoms with Crippen molar-refractivity contribution < 1.29 is 8.83 Å². The summed E-state index contributed by atoms with van der Waals surface area (Å²) >= 11 is 3.57. The van der Waals surface area contributed by atoms with Gasteiger partial charge in [0.25, 0.3) is 0 Å². The van der Waals surface area contributed by atoms with Crippen LogP contribution in [0, 0.1) is 0 Å². The summed E-state index contributed by atoms with van der Waals surface area (Å²) in [5.74, 6) is 3.19. The van der Waals surface area contributed by atoms with Gasteiger partial charge >= 0.3 is 0 Å². The largest absolute Gasteiger partial charge is 0.456 e. The third-order valence-electron chi connectivity index (χ3n) is 26.1. The van der Waals surface area contributed by atoms with E-state index in [1.807, 2.05) is 0 Å². The van der Waals surface area contributed by atoms with Gasteiger partial charge < -0.3 is 18.0 Å². The molecule has 0 spiro atoms. The minimum atomic E-state index is 0.507. The number of benzene rings is 20. The molecule has 0 aliphatic carbocycles. The first-order valence-corrected chi connectivity index (χ1v) is 44.0. The van der Waals surface area contributed by atoms with Crippen LogP contribution in [0.15, 0.2) is 385 Å². The zero-order valence-electron chi connectivity index (χ0n) is 67.0. The third kappa shape index (κ3) is 10.4. The van der Waals surface area contributed by atoms with Crippen molar-refractivity contribution in [1.82, 2.24) is 39.0 Å². The topological polar surface area (TPSA) is 113 Å². The van der Waals surface area contributed by atoms with Gasteiger partial charge in [-0.05, 0) is 185 Å². The van der Waals surface area contributed by atoms with Crippen LogP contribution in [-0.4, -0.2) is 39.0 Å². The van der Waals surface area contributed by atoms with E-state index in [1.54, 1.807) is 22.7 Å². The minimum absolute atomic E-state index is 0.507. The van der Waals surface area contributed by atoms with E-state index in [9.17, 15) is 0 Å². The predicted octanol–water partition coefficient (Wildman–Crippen LogP) is 31.4. The van der Waals surface area contributed by atoms with Gasteiger partial charge in [0.05, 0.1) is 44.6 Å². The molecule has 10 nitrogen and oxygen atoms in total. The zero-order chi connectivity index (χ0) is 82.1. The number of nitrogens with zero attached hydrogens (tertiary/aromatic N) is 8. The fourth-order valence-electron chi connectivity index (χ4n) is 20.3. The molecule has 0 N–H and O–H groups in total. The van der Waals surface area contributed by atoms with Crippen LogP contribution >= 0.6 is 22.7 Å². The molecule has 0 amide bonds. The highest BCUT2D eigenvalue weighted by molar-refractivity contribution is 7.26. The molecule has 0 saturated carbocycles. The Morgan fingerprint density at radius 3 is 1.19 bits per heavy atom. The predicted molar refractivity (Wildman–Crippen MR) is 525 cm³/mol. The Bertz CT molecular complexity index is 9680. The third-order valence-corrected chi connectivity index (χ3v) is 28.3. The van der Waals surface area contributed by atoms with Crippen LogP contribution in [-0.2, 0) is 0 Å². The molecule has 0 atom stereocenters. The Morgan fingerprint density at radius 1 is 0.198 bits per heavy atom. The SMILES string of the molecule is c1ccc2cc3c(cc2c1)oc1ccc(-n2c4ccccc4c4cc5ccccc5cc42)c(-c2nc(-c4ccc5ccc(-c6c7ccccc7cc7c6oc6ccc(-n8c9ccccc9c9cc%10ccccc%10cc98)c(-c8nc(-c9ccc%10c(c9)sc9ccccc9%10)nc(-c9cccc%10ccccc9%10)n8)c67)cc5c4)nc(-c4ccc5c(c4)sc4ccccc45)n2)c13. The van der Waals surface area contributed by atoms with Gasteiger partial charge in [-0.2, -0.15) is 0 Å².